The van der Waals surface area contributed by atoms with E-state index in [0.717, 1.165) is 10.7 Å². The highest BCUT2D eigenvalue weighted by atomic mass is 16.6. The number of nitrogens with two attached hydrogens (primary N) is 1. The fraction of sp³-hybridized carbons (Fsp3) is 0.353. The molecule has 0 spiro atoms. The van der Waals surface area contributed by atoms with E-state index < -0.39 is 29.6 Å². The molecule has 0 saturated carbocycles. The maximum atomic E-state index is 13.1. The molecular weight excluding hydrogens is 572 g/mol. The van der Waals surface area contributed by atoms with Crippen molar-refractivity contribution in [1.82, 2.24) is 25.1 Å². The zero-order valence-electron chi connectivity index (χ0n) is 26.4. The predicted octanol–water partition coefficient (Wildman–Crippen LogP) is 4.67. The van der Waals surface area contributed by atoms with E-state index in [-0.39, 0.29) is 13.1 Å². The van der Waals surface area contributed by atoms with Gasteiger partial charge in [-0.3, -0.25) is 4.79 Å². The average Bonchev–Trinajstić information content (AvgIpc) is 3.43. The van der Waals surface area contributed by atoms with E-state index in [1.54, 1.807) is 57.3 Å². The molecule has 240 valence electrons. The summed E-state index contributed by atoms with van der Waals surface area (Å²) in [6.07, 6.45) is 3.54. The van der Waals surface area contributed by atoms with E-state index in [9.17, 15) is 19.5 Å². The Morgan fingerprint density at radius 3 is 2.36 bits per heavy atom. The fourth-order valence-electron chi connectivity index (χ4n) is 4.60. The summed E-state index contributed by atoms with van der Waals surface area (Å²) in [5, 5.41) is 18.1. The van der Waals surface area contributed by atoms with E-state index in [0.29, 0.717) is 31.6 Å². The van der Waals surface area contributed by atoms with Crippen molar-refractivity contribution >= 4 is 28.7 Å². The Morgan fingerprint density at radius 2 is 1.71 bits per heavy atom. The first-order valence-corrected chi connectivity index (χ1v) is 14.9. The standard InChI is InChI=1S/C23H33N5O5.C11H11N/c1-23(2,3)33-22(32)26-16-28(20(29)17-9-6-5-7-10-17)18(21(30)31)11-8-12-24-15-19-25-13-14-27(19)4;12-8-10-6-3-5-9-4-1-2-7-11(9)10/h5-7,9-10,13-14,18,24H,8,11-12,15-16H2,1-4H3,(H,26,32)(H,30,31);1-7H,8,12H2/t18-;/m0./s1. The van der Waals surface area contributed by atoms with Crippen molar-refractivity contribution in [3.8, 4) is 0 Å². The number of aryl methyl sites for hydroxylation is 1. The van der Waals surface area contributed by atoms with Gasteiger partial charge in [-0.05, 0) is 68.6 Å². The Morgan fingerprint density at radius 1 is 1.02 bits per heavy atom. The number of benzene rings is 3. The van der Waals surface area contributed by atoms with Crippen LogP contribution in [0.2, 0.25) is 0 Å². The van der Waals surface area contributed by atoms with Crippen LogP contribution in [0.3, 0.4) is 0 Å². The number of carboxylic acids is 1. The predicted molar refractivity (Wildman–Crippen MR) is 174 cm³/mol. The lowest BCUT2D eigenvalue weighted by Crippen LogP contribution is -2.51. The van der Waals surface area contributed by atoms with E-state index in [1.807, 2.05) is 36.0 Å². The lowest BCUT2D eigenvalue weighted by atomic mass is 10.1. The van der Waals surface area contributed by atoms with Crippen LogP contribution < -0.4 is 16.4 Å². The Hall–Kier alpha value is -4.74. The van der Waals surface area contributed by atoms with Crippen LogP contribution >= 0.6 is 0 Å². The van der Waals surface area contributed by atoms with Gasteiger partial charge in [0.2, 0.25) is 0 Å². The van der Waals surface area contributed by atoms with Gasteiger partial charge in [-0.1, -0.05) is 60.7 Å². The van der Waals surface area contributed by atoms with Crippen LogP contribution in [0.1, 0.15) is 55.4 Å². The summed E-state index contributed by atoms with van der Waals surface area (Å²) >= 11 is 0. The molecule has 4 aromatic rings. The highest BCUT2D eigenvalue weighted by molar-refractivity contribution is 5.96. The number of carbonyl (C=O) groups excluding carboxylic acids is 2. The minimum Gasteiger partial charge on any atom is -0.480 e. The molecule has 1 heterocycles. The van der Waals surface area contributed by atoms with Crippen LogP contribution in [-0.2, 0) is 29.7 Å². The first-order valence-electron chi connectivity index (χ1n) is 14.9. The molecule has 0 fully saturated rings. The van der Waals surface area contributed by atoms with Gasteiger partial charge in [-0.2, -0.15) is 0 Å². The number of carbonyl (C=O) groups is 3. The summed E-state index contributed by atoms with van der Waals surface area (Å²) in [4.78, 5) is 42.7. The van der Waals surface area contributed by atoms with Crippen molar-refractivity contribution in [3.63, 3.8) is 0 Å². The second-order valence-electron chi connectivity index (χ2n) is 11.4. The number of ether oxygens (including phenoxy) is 1. The molecule has 2 amide bonds. The third-order valence-electron chi connectivity index (χ3n) is 6.87. The molecule has 4 rings (SSSR count). The van der Waals surface area contributed by atoms with Gasteiger partial charge in [0.15, 0.2) is 0 Å². The second kappa shape index (κ2) is 16.9. The monoisotopic (exact) mass is 616 g/mol. The molecule has 3 aromatic carbocycles. The number of alkyl carbamates (subject to hydrolysis) is 1. The number of aromatic nitrogens is 2. The van der Waals surface area contributed by atoms with E-state index in [1.165, 1.54) is 16.3 Å². The molecule has 1 atom stereocenters. The summed E-state index contributed by atoms with van der Waals surface area (Å²) in [5.74, 6) is -0.762. The number of carboxylic acid groups (broad SMARTS) is 1. The largest absolute Gasteiger partial charge is 0.480 e. The molecule has 1 aromatic heterocycles. The average molecular weight is 617 g/mol. The zero-order valence-corrected chi connectivity index (χ0v) is 26.4. The highest BCUT2D eigenvalue weighted by Gasteiger charge is 2.31. The summed E-state index contributed by atoms with van der Waals surface area (Å²) in [6, 6.07) is 21.8. The van der Waals surface area contributed by atoms with Gasteiger partial charge in [0.25, 0.3) is 5.91 Å². The van der Waals surface area contributed by atoms with E-state index in [4.69, 9.17) is 10.5 Å². The van der Waals surface area contributed by atoms with Crippen molar-refractivity contribution in [3.05, 3.63) is 102 Å². The summed E-state index contributed by atoms with van der Waals surface area (Å²) in [6.45, 7) is 6.58. The number of hydrogen-bond donors (Lipinski definition) is 4. The minimum absolute atomic E-state index is 0.206. The molecule has 0 aliphatic heterocycles. The molecule has 0 saturated heterocycles. The third-order valence-corrected chi connectivity index (χ3v) is 6.87. The number of fused-ring (bicyclic) bond motifs is 1. The Kier molecular flexibility index (Phi) is 13.1. The molecule has 0 radical (unpaired) electrons. The van der Waals surface area contributed by atoms with Crippen LogP contribution in [0, 0.1) is 0 Å². The first-order chi connectivity index (χ1) is 21.5. The van der Waals surface area contributed by atoms with Gasteiger partial charge >= 0.3 is 12.1 Å². The van der Waals surface area contributed by atoms with Gasteiger partial charge in [0, 0.05) is 31.5 Å². The van der Waals surface area contributed by atoms with Gasteiger partial charge in [0.05, 0.1) is 13.2 Å². The number of aliphatic carboxylic acids is 1. The lowest BCUT2D eigenvalue weighted by Gasteiger charge is -2.30. The summed E-state index contributed by atoms with van der Waals surface area (Å²) < 4.78 is 7.12. The van der Waals surface area contributed by atoms with Crippen molar-refractivity contribution < 1.29 is 24.2 Å². The number of amides is 2. The Balaban J connectivity index is 0.000000379. The number of nitrogens with one attached hydrogen (secondary N) is 2. The van der Waals surface area contributed by atoms with Crippen molar-refractivity contribution in [2.75, 3.05) is 13.2 Å². The van der Waals surface area contributed by atoms with Crippen molar-refractivity contribution in [1.29, 1.82) is 0 Å². The molecule has 0 unspecified atom stereocenters. The van der Waals surface area contributed by atoms with Crippen LogP contribution in [0.5, 0.6) is 0 Å². The molecule has 5 N–H and O–H groups in total. The molecular formula is C34H44N6O5. The SMILES string of the molecule is Cn1ccnc1CNCCC[C@@H](C(=O)O)N(CNC(=O)OC(C)(C)C)C(=O)c1ccccc1.NCc1cccc2ccccc12. The second-order valence-corrected chi connectivity index (χ2v) is 11.4. The number of rotatable bonds is 12. The quantitative estimate of drug-likeness (QED) is 0.132. The van der Waals surface area contributed by atoms with Gasteiger partial charge in [-0.25, -0.2) is 14.6 Å². The maximum Gasteiger partial charge on any atom is 0.409 e. The molecule has 0 bridgehead atoms. The normalized spacial score (nSPS) is 11.7. The number of nitrogens with zero attached hydrogens (tertiary/aromatic N) is 3. The minimum atomic E-state index is -1.14. The van der Waals surface area contributed by atoms with E-state index in [2.05, 4.69) is 39.9 Å². The first kappa shape index (κ1) is 34.7. The fourth-order valence-corrected chi connectivity index (χ4v) is 4.60. The third kappa shape index (κ3) is 11.0. The lowest BCUT2D eigenvalue weighted by molar-refractivity contribution is -0.142. The van der Waals surface area contributed by atoms with Crippen LogP contribution in [-0.4, -0.2) is 62.4 Å². The van der Waals surface area contributed by atoms with Crippen molar-refractivity contribution in [2.24, 2.45) is 12.8 Å². The summed E-state index contributed by atoms with van der Waals surface area (Å²) in [7, 11) is 1.90. The Labute approximate surface area is 264 Å². The van der Waals surface area contributed by atoms with Crippen LogP contribution in [0.25, 0.3) is 10.8 Å². The molecule has 0 aliphatic rings. The van der Waals surface area contributed by atoms with Crippen molar-refractivity contribution in [2.45, 2.75) is 58.3 Å². The zero-order chi connectivity index (χ0) is 32.8. The van der Waals surface area contributed by atoms with Crippen LogP contribution in [0.15, 0.2) is 85.2 Å². The number of hydrogen-bond acceptors (Lipinski definition) is 7. The topological polar surface area (TPSA) is 152 Å². The maximum absolute atomic E-state index is 13.1. The molecule has 11 nitrogen and oxygen atoms in total. The molecule has 45 heavy (non-hydrogen) atoms. The van der Waals surface area contributed by atoms with Gasteiger partial charge in [0.1, 0.15) is 17.5 Å². The Bertz CT molecular complexity index is 1530. The smallest absolute Gasteiger partial charge is 0.409 e. The van der Waals surface area contributed by atoms with Gasteiger partial charge in [-0.15, -0.1) is 0 Å². The van der Waals surface area contributed by atoms with E-state index >= 15 is 0 Å². The highest BCUT2D eigenvalue weighted by Crippen LogP contribution is 2.17. The molecule has 11 heteroatoms. The molecule has 0 aliphatic carbocycles. The van der Waals surface area contributed by atoms with Crippen LogP contribution in [0.4, 0.5) is 4.79 Å². The number of imidazole rings is 1. The van der Waals surface area contributed by atoms with Gasteiger partial charge < -0.3 is 35.7 Å². The summed E-state index contributed by atoms with van der Waals surface area (Å²) in [5.41, 5.74) is 6.45.